The number of aliphatic hydroxyl groups is 6. The van der Waals surface area contributed by atoms with Gasteiger partial charge in [0.25, 0.3) is 0 Å². The molecule has 384 valence electrons. The molecule has 18 nitrogen and oxygen atoms in total. The molecule has 1 saturated carbocycles. The second-order valence-corrected chi connectivity index (χ2v) is 18.6. The van der Waals surface area contributed by atoms with Crippen molar-refractivity contribution in [3.63, 3.8) is 0 Å². The summed E-state index contributed by atoms with van der Waals surface area (Å²) < 4.78 is 49.1. The molecule has 9 N–H and O–H groups in total. The Morgan fingerprint density at radius 3 is 1.57 bits per heavy atom. The van der Waals surface area contributed by atoms with Gasteiger partial charge < -0.3 is 54.8 Å². The van der Waals surface area contributed by atoms with Crippen LogP contribution in [-0.4, -0.2) is 125 Å². The van der Waals surface area contributed by atoms with Crippen LogP contribution in [0.25, 0.3) is 0 Å². The first-order chi connectivity index (χ1) is 31.9. The number of hydrogen-bond donors (Lipinski definition) is 9. The molecule has 0 spiro atoms. The van der Waals surface area contributed by atoms with Crippen molar-refractivity contribution in [3.05, 3.63) is 85.1 Å². The van der Waals surface area contributed by atoms with Crippen LogP contribution >= 0.6 is 15.6 Å². The van der Waals surface area contributed by atoms with Crippen LogP contribution in [0.4, 0.5) is 0 Å². The van der Waals surface area contributed by atoms with Crippen LogP contribution in [0.1, 0.15) is 129 Å². The van der Waals surface area contributed by atoms with Gasteiger partial charge in [0.15, 0.2) is 6.10 Å². The van der Waals surface area contributed by atoms with E-state index in [9.17, 15) is 64.0 Å². The molecule has 1 fully saturated rings. The average Bonchev–Trinajstić information content (AvgIpc) is 3.28. The molecule has 20 heteroatoms. The van der Waals surface area contributed by atoms with Gasteiger partial charge in [0.05, 0.1) is 18.8 Å². The number of ether oxygens (including phenoxy) is 2. The fourth-order valence-corrected chi connectivity index (χ4v) is 8.02. The van der Waals surface area contributed by atoms with Crippen molar-refractivity contribution in [2.45, 2.75) is 184 Å². The molecular weight excluding hydrogens is 914 g/mol. The second kappa shape index (κ2) is 37.0. The first kappa shape index (κ1) is 62.1. The topological polar surface area (TPSA) is 296 Å². The summed E-state index contributed by atoms with van der Waals surface area (Å²) in [5.74, 6) is -1.52. The predicted octanol–water partition coefficient (Wildman–Crippen LogP) is 6.56. The lowest BCUT2D eigenvalue weighted by Crippen LogP contribution is -2.64. The molecule has 67 heavy (non-hydrogen) atoms. The molecule has 0 radical (unpaired) electrons. The average molecular weight is 993 g/mol. The van der Waals surface area contributed by atoms with Crippen LogP contribution in [0.3, 0.4) is 0 Å². The Hall–Kier alpha value is -2.90. The minimum absolute atomic E-state index is 0.0185. The van der Waals surface area contributed by atoms with E-state index in [0.717, 1.165) is 70.6 Å². The molecule has 1 rings (SSSR count). The third-order valence-electron chi connectivity index (χ3n) is 10.2. The number of carbonyl (C=O) groups excluding carboxylic acids is 2. The fourth-order valence-electron chi connectivity index (χ4n) is 6.48. The van der Waals surface area contributed by atoms with Crippen molar-refractivity contribution in [3.8, 4) is 0 Å². The molecule has 0 bridgehead atoms. The third-order valence-corrected chi connectivity index (χ3v) is 11.7. The summed E-state index contributed by atoms with van der Waals surface area (Å²) in [6.07, 6.45) is 22.6. The molecular formula is C47H78O18P2. The predicted molar refractivity (Wildman–Crippen MR) is 253 cm³/mol. The minimum Gasteiger partial charge on any atom is -0.462 e. The number of unbranched alkanes of at least 4 members (excludes halogenated alkanes) is 5. The molecule has 10 atom stereocenters. The molecule has 0 aromatic heterocycles. The molecule has 0 aliphatic heterocycles. The zero-order valence-corrected chi connectivity index (χ0v) is 40.8. The lowest BCUT2D eigenvalue weighted by Gasteiger charge is -2.43. The van der Waals surface area contributed by atoms with Gasteiger partial charge in [-0.05, 0) is 83.5 Å². The van der Waals surface area contributed by atoms with Crippen molar-refractivity contribution in [1.82, 2.24) is 0 Å². The highest BCUT2D eigenvalue weighted by molar-refractivity contribution is 7.47. The number of rotatable bonds is 37. The number of phosphoric ester groups is 2. The van der Waals surface area contributed by atoms with E-state index in [1.165, 1.54) is 0 Å². The second-order valence-electron chi connectivity index (χ2n) is 16.0. The van der Waals surface area contributed by atoms with E-state index in [1.54, 1.807) is 6.08 Å². The van der Waals surface area contributed by atoms with Crippen LogP contribution in [0.15, 0.2) is 85.1 Å². The number of phosphoric acid groups is 2. The van der Waals surface area contributed by atoms with Crippen molar-refractivity contribution in [2.24, 2.45) is 0 Å². The number of allylic oxidation sites excluding steroid dienone is 13. The maximum atomic E-state index is 13.0. The summed E-state index contributed by atoms with van der Waals surface area (Å²) in [6, 6.07) is 0. The summed E-state index contributed by atoms with van der Waals surface area (Å²) in [7, 11) is -10.8. The van der Waals surface area contributed by atoms with Crippen molar-refractivity contribution >= 4 is 27.6 Å². The summed E-state index contributed by atoms with van der Waals surface area (Å²) >= 11 is 0. The Labute approximate surface area is 396 Å². The van der Waals surface area contributed by atoms with Gasteiger partial charge in [0.1, 0.15) is 43.2 Å². The maximum Gasteiger partial charge on any atom is 0.472 e. The van der Waals surface area contributed by atoms with Gasteiger partial charge in [-0.25, -0.2) is 9.13 Å². The lowest BCUT2D eigenvalue weighted by molar-refractivity contribution is -0.216. The van der Waals surface area contributed by atoms with E-state index >= 15 is 0 Å². The monoisotopic (exact) mass is 992 g/mol. The molecule has 0 saturated heterocycles. The van der Waals surface area contributed by atoms with Crippen LogP contribution in [-0.2, 0) is 41.8 Å². The summed E-state index contributed by atoms with van der Waals surface area (Å²) in [5, 5.41) is 62.1. The minimum atomic E-state index is -5.40. The van der Waals surface area contributed by atoms with E-state index in [2.05, 4.69) is 79.1 Å². The number of aliphatic hydroxyl groups excluding tert-OH is 6. The van der Waals surface area contributed by atoms with Crippen molar-refractivity contribution in [2.75, 3.05) is 13.2 Å². The number of hydrogen-bond acceptors (Lipinski definition) is 15. The van der Waals surface area contributed by atoms with E-state index < -0.39 is 95.7 Å². The Bertz CT molecular complexity index is 1660. The molecule has 0 aromatic rings. The third kappa shape index (κ3) is 31.1. The van der Waals surface area contributed by atoms with Gasteiger partial charge in [0.2, 0.25) is 0 Å². The Morgan fingerprint density at radius 2 is 1.01 bits per heavy atom. The zero-order valence-electron chi connectivity index (χ0n) is 39.0. The van der Waals surface area contributed by atoms with Crippen LogP contribution < -0.4 is 0 Å². The van der Waals surface area contributed by atoms with E-state index in [4.69, 9.17) is 18.5 Å². The van der Waals surface area contributed by atoms with Gasteiger partial charge in [0, 0.05) is 12.8 Å². The highest BCUT2D eigenvalue weighted by Crippen LogP contribution is 2.49. The molecule has 0 amide bonds. The summed E-state index contributed by atoms with van der Waals surface area (Å²) in [6.45, 7) is 2.60. The van der Waals surface area contributed by atoms with E-state index in [1.807, 2.05) is 18.2 Å². The first-order valence-corrected chi connectivity index (χ1v) is 26.3. The van der Waals surface area contributed by atoms with Gasteiger partial charge in [-0.2, -0.15) is 0 Å². The molecule has 0 aromatic carbocycles. The maximum absolute atomic E-state index is 13.0. The Balaban J connectivity index is 2.73. The number of esters is 2. The largest absolute Gasteiger partial charge is 0.472 e. The first-order valence-electron chi connectivity index (χ1n) is 23.3. The standard InChI is InChI=1S/C47H78O18P2/c1-3-5-7-9-11-13-15-17-18-19-21-23-25-27-29-33-40(50)61-35-37(36-62-67(59,60)65-47-44(54)42(52)43(53)46(45(47)55)64-66(56,57)58)63-41(51)34-30-32-39(49)38(48)31-28-26-24-22-20-16-14-12-10-8-6-4-2/h5-8,11-14,17-18,20,22,26,28,37-39,42-49,52-55H,3-4,9-10,15-16,19,21,23-25,27,29-36H2,1-2H3,(H,59,60)(H2,56,57,58)/b7-5-,8-6-,13-11-,14-12-,18-17-,22-20-,28-26-/t37-,38-,39-,42?,43?,44?,45?,46-,47+/m1/s1. The van der Waals surface area contributed by atoms with Gasteiger partial charge >= 0.3 is 27.6 Å². The Morgan fingerprint density at radius 1 is 0.537 bits per heavy atom. The fraction of sp³-hybridized carbons (Fsp3) is 0.660. The summed E-state index contributed by atoms with van der Waals surface area (Å²) in [4.78, 5) is 54.3. The van der Waals surface area contributed by atoms with Crippen LogP contribution in [0, 0.1) is 0 Å². The molecule has 1 aliphatic carbocycles. The molecule has 0 heterocycles. The quantitative estimate of drug-likeness (QED) is 0.0138. The van der Waals surface area contributed by atoms with Crippen LogP contribution in [0.5, 0.6) is 0 Å². The SMILES string of the molecule is CC/C=C\C/C=C\C/C=C\C/C=C\C[C@@H](O)[C@H](O)CCCC(=O)O[C@H](COC(=O)CCCCCCC/C=C\C/C=C\C/C=C\CC)COP(=O)(O)O[C@H]1C(O)C(O)C(O)[C@@H](OP(=O)(O)O)C1O. The smallest absolute Gasteiger partial charge is 0.462 e. The van der Waals surface area contributed by atoms with Gasteiger partial charge in [-0.15, -0.1) is 0 Å². The Kier molecular flexibility index (Phi) is 34.3. The van der Waals surface area contributed by atoms with Crippen LogP contribution in [0.2, 0.25) is 0 Å². The normalized spacial score (nSPS) is 23.1. The highest BCUT2D eigenvalue weighted by Gasteiger charge is 2.54. The van der Waals surface area contributed by atoms with Crippen molar-refractivity contribution < 1.29 is 87.1 Å². The van der Waals surface area contributed by atoms with Crippen molar-refractivity contribution in [1.29, 1.82) is 0 Å². The number of carbonyl (C=O) groups is 2. The highest BCUT2D eigenvalue weighted by atomic mass is 31.2. The lowest BCUT2D eigenvalue weighted by atomic mass is 9.85. The molecule has 5 unspecified atom stereocenters. The molecule has 1 aliphatic rings. The van der Waals surface area contributed by atoms with Gasteiger partial charge in [-0.3, -0.25) is 23.2 Å². The van der Waals surface area contributed by atoms with Gasteiger partial charge in [-0.1, -0.05) is 118 Å². The van der Waals surface area contributed by atoms with E-state index in [0.29, 0.717) is 12.8 Å². The zero-order chi connectivity index (χ0) is 49.9. The van der Waals surface area contributed by atoms with E-state index in [-0.39, 0.29) is 32.1 Å². The summed E-state index contributed by atoms with van der Waals surface area (Å²) in [5.41, 5.74) is 0.